The SMILES string of the molecule is O=C(CN1CCN(C(=O)c2ccc(F)cc2)CC1)Nc1nc(-c2ccc(F)c(F)c2)cs1. The maximum Gasteiger partial charge on any atom is 0.253 e. The lowest BCUT2D eigenvalue weighted by Crippen LogP contribution is -2.50. The first-order valence-corrected chi connectivity index (χ1v) is 10.7. The highest BCUT2D eigenvalue weighted by molar-refractivity contribution is 7.14. The zero-order valence-corrected chi connectivity index (χ0v) is 17.7. The lowest BCUT2D eigenvalue weighted by atomic mass is 10.2. The Morgan fingerprint density at radius 3 is 2.38 bits per heavy atom. The van der Waals surface area contributed by atoms with Crippen LogP contribution in [0.2, 0.25) is 0 Å². The maximum absolute atomic E-state index is 13.4. The summed E-state index contributed by atoms with van der Waals surface area (Å²) in [4.78, 5) is 32.7. The third-order valence-electron chi connectivity index (χ3n) is 5.08. The Balaban J connectivity index is 1.27. The number of piperazine rings is 1. The van der Waals surface area contributed by atoms with Crippen LogP contribution in [-0.2, 0) is 4.79 Å². The highest BCUT2D eigenvalue weighted by Gasteiger charge is 2.23. The van der Waals surface area contributed by atoms with E-state index in [0.717, 1.165) is 12.1 Å². The Morgan fingerprint density at radius 1 is 0.969 bits per heavy atom. The van der Waals surface area contributed by atoms with E-state index in [1.807, 2.05) is 4.90 Å². The molecule has 3 aromatic rings. The van der Waals surface area contributed by atoms with E-state index in [1.165, 1.54) is 41.7 Å². The molecule has 0 unspecified atom stereocenters. The first kappa shape index (κ1) is 22.0. The Kier molecular flexibility index (Phi) is 6.52. The Labute approximate surface area is 186 Å². The maximum atomic E-state index is 13.4. The van der Waals surface area contributed by atoms with Gasteiger partial charge in [0.2, 0.25) is 5.91 Å². The fourth-order valence-electron chi connectivity index (χ4n) is 3.37. The quantitative estimate of drug-likeness (QED) is 0.632. The Bertz CT molecular complexity index is 1130. The molecule has 4 rings (SSSR count). The molecule has 10 heteroatoms. The van der Waals surface area contributed by atoms with Gasteiger partial charge in [0.15, 0.2) is 16.8 Å². The normalized spacial score (nSPS) is 14.4. The van der Waals surface area contributed by atoms with Crippen molar-refractivity contribution in [3.05, 3.63) is 70.9 Å². The van der Waals surface area contributed by atoms with Crippen molar-refractivity contribution in [3.8, 4) is 11.3 Å². The molecule has 6 nitrogen and oxygen atoms in total. The number of hydrogen-bond acceptors (Lipinski definition) is 5. The van der Waals surface area contributed by atoms with Gasteiger partial charge in [0.05, 0.1) is 12.2 Å². The van der Waals surface area contributed by atoms with Crippen molar-refractivity contribution in [2.24, 2.45) is 0 Å². The summed E-state index contributed by atoms with van der Waals surface area (Å²) in [5.74, 6) is -2.71. The number of benzene rings is 2. The lowest BCUT2D eigenvalue weighted by molar-refractivity contribution is -0.117. The van der Waals surface area contributed by atoms with Gasteiger partial charge in [-0.2, -0.15) is 0 Å². The van der Waals surface area contributed by atoms with Crippen LogP contribution in [0, 0.1) is 17.5 Å². The van der Waals surface area contributed by atoms with Gasteiger partial charge >= 0.3 is 0 Å². The van der Waals surface area contributed by atoms with E-state index >= 15 is 0 Å². The number of anilines is 1. The van der Waals surface area contributed by atoms with Gasteiger partial charge in [-0.3, -0.25) is 14.5 Å². The largest absolute Gasteiger partial charge is 0.336 e. The fourth-order valence-corrected chi connectivity index (χ4v) is 4.10. The molecule has 1 aromatic heterocycles. The number of amides is 2. The summed E-state index contributed by atoms with van der Waals surface area (Å²) in [6, 6.07) is 8.94. The molecule has 0 radical (unpaired) electrons. The van der Waals surface area contributed by atoms with Crippen molar-refractivity contribution in [1.29, 1.82) is 0 Å². The van der Waals surface area contributed by atoms with Crippen molar-refractivity contribution in [2.45, 2.75) is 0 Å². The molecule has 2 heterocycles. The monoisotopic (exact) mass is 460 g/mol. The van der Waals surface area contributed by atoms with E-state index in [-0.39, 0.29) is 18.4 Å². The van der Waals surface area contributed by atoms with E-state index in [2.05, 4.69) is 10.3 Å². The molecule has 1 saturated heterocycles. The summed E-state index contributed by atoms with van der Waals surface area (Å²) < 4.78 is 39.5. The predicted octanol–water partition coefficient (Wildman–Crippen LogP) is 3.62. The van der Waals surface area contributed by atoms with E-state index in [9.17, 15) is 22.8 Å². The molecule has 1 aliphatic heterocycles. The summed E-state index contributed by atoms with van der Waals surface area (Å²) in [6.45, 7) is 2.11. The van der Waals surface area contributed by atoms with Crippen LogP contribution in [0.4, 0.5) is 18.3 Å². The molecular formula is C22H19F3N4O2S. The van der Waals surface area contributed by atoms with Crippen LogP contribution in [0.5, 0.6) is 0 Å². The first-order valence-electron chi connectivity index (χ1n) is 9.87. The molecule has 2 aromatic carbocycles. The molecule has 2 amide bonds. The van der Waals surface area contributed by atoms with E-state index in [0.29, 0.717) is 48.1 Å². The van der Waals surface area contributed by atoms with Crippen molar-refractivity contribution in [3.63, 3.8) is 0 Å². The molecule has 0 aliphatic carbocycles. The number of nitrogens with one attached hydrogen (secondary N) is 1. The van der Waals surface area contributed by atoms with E-state index in [1.54, 1.807) is 10.3 Å². The second kappa shape index (κ2) is 9.49. The van der Waals surface area contributed by atoms with E-state index < -0.39 is 17.5 Å². The summed E-state index contributed by atoms with van der Waals surface area (Å²) in [5.41, 5.74) is 1.29. The number of thiazole rings is 1. The standard InChI is InChI=1S/C22H19F3N4O2S/c23-16-4-1-14(2-5-16)21(31)29-9-7-28(8-10-29)12-20(30)27-22-26-19(13-32-22)15-3-6-17(24)18(25)11-15/h1-6,11,13H,7-10,12H2,(H,26,27,30). The number of hydrogen-bond donors (Lipinski definition) is 1. The van der Waals surface area contributed by atoms with Crippen molar-refractivity contribution in [1.82, 2.24) is 14.8 Å². The number of rotatable bonds is 5. The molecule has 1 N–H and O–H groups in total. The van der Waals surface area contributed by atoms with Crippen LogP contribution in [0.15, 0.2) is 47.8 Å². The summed E-state index contributed by atoms with van der Waals surface area (Å²) >= 11 is 1.19. The summed E-state index contributed by atoms with van der Waals surface area (Å²) in [6.07, 6.45) is 0. The highest BCUT2D eigenvalue weighted by Crippen LogP contribution is 2.26. The zero-order valence-electron chi connectivity index (χ0n) is 16.9. The number of aromatic nitrogens is 1. The van der Waals surface area contributed by atoms with Gasteiger partial charge in [0, 0.05) is 42.7 Å². The second-order valence-corrected chi connectivity index (χ2v) is 8.15. The minimum absolute atomic E-state index is 0.138. The fraction of sp³-hybridized carbons (Fsp3) is 0.227. The third-order valence-corrected chi connectivity index (χ3v) is 5.84. The van der Waals surface area contributed by atoms with Crippen LogP contribution in [0.25, 0.3) is 11.3 Å². The molecule has 0 spiro atoms. The topological polar surface area (TPSA) is 65.5 Å². The van der Waals surface area contributed by atoms with Crippen LogP contribution < -0.4 is 5.32 Å². The zero-order chi connectivity index (χ0) is 22.7. The summed E-state index contributed by atoms with van der Waals surface area (Å²) in [5, 5.41) is 4.73. The number of carbonyl (C=O) groups excluding carboxylic acids is 2. The van der Waals surface area contributed by atoms with Gasteiger partial charge in [-0.1, -0.05) is 0 Å². The number of nitrogens with zero attached hydrogens (tertiary/aromatic N) is 3. The molecule has 1 aliphatic rings. The molecule has 166 valence electrons. The number of halogens is 3. The smallest absolute Gasteiger partial charge is 0.253 e. The highest BCUT2D eigenvalue weighted by atomic mass is 32.1. The van der Waals surface area contributed by atoms with Gasteiger partial charge in [-0.15, -0.1) is 11.3 Å². The predicted molar refractivity (Wildman–Crippen MR) is 115 cm³/mol. The minimum atomic E-state index is -0.960. The van der Waals surface area contributed by atoms with Crippen LogP contribution in [-0.4, -0.2) is 59.3 Å². The molecular weight excluding hydrogens is 441 g/mol. The minimum Gasteiger partial charge on any atom is -0.336 e. The first-order chi connectivity index (χ1) is 15.4. The average Bonchev–Trinajstić information content (AvgIpc) is 3.24. The van der Waals surface area contributed by atoms with Gasteiger partial charge in [0.25, 0.3) is 5.91 Å². The van der Waals surface area contributed by atoms with Crippen LogP contribution >= 0.6 is 11.3 Å². The van der Waals surface area contributed by atoms with Crippen LogP contribution in [0.3, 0.4) is 0 Å². The lowest BCUT2D eigenvalue weighted by Gasteiger charge is -2.34. The molecule has 0 bridgehead atoms. The van der Waals surface area contributed by atoms with Gasteiger partial charge in [-0.05, 0) is 42.5 Å². The average molecular weight is 460 g/mol. The van der Waals surface area contributed by atoms with Crippen molar-refractivity contribution in [2.75, 3.05) is 38.0 Å². The van der Waals surface area contributed by atoms with Gasteiger partial charge in [-0.25, -0.2) is 18.2 Å². The molecule has 32 heavy (non-hydrogen) atoms. The second-order valence-electron chi connectivity index (χ2n) is 7.29. The third kappa shape index (κ3) is 5.14. The van der Waals surface area contributed by atoms with Crippen molar-refractivity contribution < 1.29 is 22.8 Å². The van der Waals surface area contributed by atoms with Crippen LogP contribution in [0.1, 0.15) is 10.4 Å². The molecule has 0 saturated carbocycles. The van der Waals surface area contributed by atoms with Gasteiger partial charge < -0.3 is 10.2 Å². The Morgan fingerprint density at radius 2 is 1.69 bits per heavy atom. The summed E-state index contributed by atoms with van der Waals surface area (Å²) in [7, 11) is 0. The Hall–Kier alpha value is -3.24. The molecule has 0 atom stereocenters. The molecule has 1 fully saturated rings. The van der Waals surface area contributed by atoms with Crippen molar-refractivity contribution >= 4 is 28.3 Å². The van der Waals surface area contributed by atoms with Gasteiger partial charge in [0.1, 0.15) is 5.82 Å². The van der Waals surface area contributed by atoms with E-state index in [4.69, 9.17) is 0 Å². The number of carbonyl (C=O) groups is 2.